The number of aromatic carboxylic acids is 1. The zero-order valence-electron chi connectivity index (χ0n) is 8.61. The minimum atomic E-state index is -1.32. The fraction of sp³-hybridized carbons (Fsp3) is 0. The van der Waals surface area contributed by atoms with Crippen LogP contribution in [-0.4, -0.2) is 16.1 Å². The average molecular weight is 233 g/mol. The summed E-state index contributed by atoms with van der Waals surface area (Å²) < 4.78 is 13.0. The van der Waals surface area contributed by atoms with Gasteiger partial charge in [-0.1, -0.05) is 12.1 Å². The molecule has 1 aromatic carbocycles. The number of pyridine rings is 1. The summed E-state index contributed by atoms with van der Waals surface area (Å²) in [5, 5.41) is 8.80. The Morgan fingerprint density at radius 3 is 2.65 bits per heavy atom. The molecule has 0 radical (unpaired) electrons. The first-order valence-electron chi connectivity index (χ1n) is 4.80. The Balaban J connectivity index is 2.58. The van der Waals surface area contributed by atoms with Gasteiger partial charge in [0.2, 0.25) is 0 Å². The van der Waals surface area contributed by atoms with Gasteiger partial charge >= 0.3 is 5.97 Å². The largest absolute Gasteiger partial charge is 0.477 e. The van der Waals surface area contributed by atoms with E-state index in [-0.39, 0.29) is 5.56 Å². The first-order valence-corrected chi connectivity index (χ1v) is 4.80. The third kappa shape index (κ3) is 2.23. The number of hydrogen-bond acceptors (Lipinski definition) is 2. The number of carbonyl (C=O) groups is 1. The molecule has 2 rings (SSSR count). The van der Waals surface area contributed by atoms with Crippen LogP contribution >= 0.6 is 0 Å². The van der Waals surface area contributed by atoms with Crippen molar-refractivity contribution in [3.05, 3.63) is 58.3 Å². The number of rotatable bonds is 2. The monoisotopic (exact) mass is 233 g/mol. The molecule has 4 nitrogen and oxygen atoms in total. The smallest absolute Gasteiger partial charge is 0.341 e. The van der Waals surface area contributed by atoms with E-state index in [1.54, 1.807) is 6.07 Å². The lowest BCUT2D eigenvalue weighted by Crippen LogP contribution is -2.16. The predicted molar refractivity (Wildman–Crippen MR) is 59.4 cm³/mol. The molecule has 0 bridgehead atoms. The van der Waals surface area contributed by atoms with E-state index < -0.39 is 17.3 Å². The number of hydrogen-bond donors (Lipinski definition) is 2. The molecule has 2 aromatic rings. The second-order valence-electron chi connectivity index (χ2n) is 3.45. The number of benzene rings is 1. The SMILES string of the molecule is O=C(O)c1cc(-c2cccc(F)c2)c[nH]c1=O. The minimum Gasteiger partial charge on any atom is -0.477 e. The number of carboxylic acids is 1. The maximum Gasteiger partial charge on any atom is 0.341 e. The number of carboxylic acid groups (broad SMARTS) is 1. The molecule has 2 N–H and O–H groups in total. The molecule has 0 spiro atoms. The predicted octanol–water partition coefficient (Wildman–Crippen LogP) is 1.88. The molecular formula is C12H8FNO3. The van der Waals surface area contributed by atoms with Gasteiger partial charge in [-0.25, -0.2) is 9.18 Å². The quantitative estimate of drug-likeness (QED) is 0.831. The van der Waals surface area contributed by atoms with E-state index in [0.29, 0.717) is 11.1 Å². The van der Waals surface area contributed by atoms with Crippen LogP contribution in [0.15, 0.2) is 41.3 Å². The molecule has 0 fully saturated rings. The fourth-order valence-electron chi connectivity index (χ4n) is 1.48. The molecule has 0 atom stereocenters. The summed E-state index contributed by atoms with van der Waals surface area (Å²) in [6, 6.07) is 6.90. The molecule has 0 saturated carbocycles. The van der Waals surface area contributed by atoms with E-state index in [1.165, 1.54) is 30.5 Å². The number of halogens is 1. The fourth-order valence-corrected chi connectivity index (χ4v) is 1.48. The van der Waals surface area contributed by atoms with E-state index in [2.05, 4.69) is 4.98 Å². The van der Waals surface area contributed by atoms with E-state index in [1.807, 2.05) is 0 Å². The molecule has 0 amide bonds. The van der Waals surface area contributed by atoms with Crippen molar-refractivity contribution in [1.82, 2.24) is 4.98 Å². The van der Waals surface area contributed by atoms with Crippen molar-refractivity contribution in [2.45, 2.75) is 0 Å². The highest BCUT2D eigenvalue weighted by molar-refractivity contribution is 5.88. The maximum atomic E-state index is 13.0. The zero-order valence-corrected chi connectivity index (χ0v) is 8.61. The summed E-state index contributed by atoms with van der Waals surface area (Å²) in [6.45, 7) is 0. The van der Waals surface area contributed by atoms with E-state index in [9.17, 15) is 14.0 Å². The number of H-pyrrole nitrogens is 1. The number of aromatic amines is 1. The Bertz CT molecular complexity index is 634. The third-order valence-corrected chi connectivity index (χ3v) is 2.29. The van der Waals surface area contributed by atoms with Gasteiger partial charge in [-0.3, -0.25) is 4.79 Å². The van der Waals surface area contributed by atoms with Gasteiger partial charge in [-0.15, -0.1) is 0 Å². The van der Waals surface area contributed by atoms with E-state index in [4.69, 9.17) is 5.11 Å². The Morgan fingerprint density at radius 1 is 1.24 bits per heavy atom. The zero-order chi connectivity index (χ0) is 12.4. The summed E-state index contributed by atoms with van der Waals surface area (Å²) >= 11 is 0. The van der Waals surface area contributed by atoms with Crippen LogP contribution in [0.25, 0.3) is 11.1 Å². The Morgan fingerprint density at radius 2 is 2.00 bits per heavy atom. The lowest BCUT2D eigenvalue weighted by molar-refractivity contribution is 0.0695. The van der Waals surface area contributed by atoms with Crippen molar-refractivity contribution >= 4 is 5.97 Å². The van der Waals surface area contributed by atoms with Crippen molar-refractivity contribution in [2.24, 2.45) is 0 Å². The molecule has 86 valence electrons. The second-order valence-corrected chi connectivity index (χ2v) is 3.45. The summed E-state index contributed by atoms with van der Waals surface area (Å²) in [5.41, 5.74) is -0.102. The van der Waals surface area contributed by atoms with Gasteiger partial charge < -0.3 is 10.1 Å². The summed E-state index contributed by atoms with van der Waals surface area (Å²) in [5.74, 6) is -1.74. The number of aromatic nitrogens is 1. The van der Waals surface area contributed by atoms with Crippen LogP contribution in [0.4, 0.5) is 4.39 Å². The van der Waals surface area contributed by atoms with Gasteiger partial charge in [-0.05, 0) is 29.3 Å². The molecule has 1 heterocycles. The highest BCUT2D eigenvalue weighted by atomic mass is 19.1. The summed E-state index contributed by atoms with van der Waals surface area (Å²) in [7, 11) is 0. The van der Waals surface area contributed by atoms with Gasteiger partial charge in [0.15, 0.2) is 0 Å². The molecule has 0 saturated heterocycles. The maximum absolute atomic E-state index is 13.0. The standard InChI is InChI=1S/C12H8FNO3/c13-9-3-1-2-7(4-9)8-5-10(12(16)17)11(15)14-6-8/h1-6H,(H,14,15)(H,16,17). The first kappa shape index (κ1) is 11.1. The molecule has 1 aromatic heterocycles. The molecule has 5 heteroatoms. The van der Waals surface area contributed by atoms with Gasteiger partial charge in [0, 0.05) is 6.20 Å². The van der Waals surface area contributed by atoms with Crippen molar-refractivity contribution in [3.63, 3.8) is 0 Å². The van der Waals surface area contributed by atoms with Crippen molar-refractivity contribution in [1.29, 1.82) is 0 Å². The lowest BCUT2D eigenvalue weighted by Gasteiger charge is -2.02. The molecule has 0 aliphatic rings. The van der Waals surface area contributed by atoms with E-state index >= 15 is 0 Å². The van der Waals surface area contributed by atoms with Crippen molar-refractivity contribution in [3.8, 4) is 11.1 Å². The van der Waals surface area contributed by atoms with Crippen LogP contribution in [0.1, 0.15) is 10.4 Å². The summed E-state index contributed by atoms with van der Waals surface area (Å²) in [6.07, 6.45) is 1.35. The molecular weight excluding hydrogens is 225 g/mol. The van der Waals surface area contributed by atoms with Gasteiger partial charge in [0.05, 0.1) is 0 Å². The molecule has 0 aliphatic carbocycles. The van der Waals surface area contributed by atoms with Crippen LogP contribution in [-0.2, 0) is 0 Å². The molecule has 17 heavy (non-hydrogen) atoms. The normalized spacial score (nSPS) is 10.2. The minimum absolute atomic E-state index is 0.369. The van der Waals surface area contributed by atoms with Crippen molar-refractivity contribution in [2.75, 3.05) is 0 Å². The second kappa shape index (κ2) is 4.21. The van der Waals surface area contributed by atoms with Crippen LogP contribution in [0.2, 0.25) is 0 Å². The highest BCUT2D eigenvalue weighted by Gasteiger charge is 2.10. The van der Waals surface area contributed by atoms with Gasteiger partial charge in [0.1, 0.15) is 11.4 Å². The Kier molecular flexibility index (Phi) is 2.74. The Labute approximate surface area is 95.4 Å². The van der Waals surface area contributed by atoms with Crippen LogP contribution < -0.4 is 5.56 Å². The Hall–Kier alpha value is -2.43. The average Bonchev–Trinajstić information content (AvgIpc) is 2.29. The lowest BCUT2D eigenvalue weighted by atomic mass is 10.1. The summed E-state index contributed by atoms with van der Waals surface area (Å²) in [4.78, 5) is 24.3. The van der Waals surface area contributed by atoms with Crippen LogP contribution in [0.5, 0.6) is 0 Å². The molecule has 0 aliphatic heterocycles. The van der Waals surface area contributed by atoms with Gasteiger partial charge in [-0.2, -0.15) is 0 Å². The first-order chi connectivity index (χ1) is 8.08. The number of nitrogens with one attached hydrogen (secondary N) is 1. The van der Waals surface area contributed by atoms with Gasteiger partial charge in [0.25, 0.3) is 5.56 Å². The third-order valence-electron chi connectivity index (χ3n) is 2.29. The van der Waals surface area contributed by atoms with Crippen molar-refractivity contribution < 1.29 is 14.3 Å². The topological polar surface area (TPSA) is 70.2 Å². The van der Waals surface area contributed by atoms with E-state index in [0.717, 1.165) is 0 Å². The molecule has 0 unspecified atom stereocenters. The van der Waals surface area contributed by atoms with Crippen LogP contribution in [0.3, 0.4) is 0 Å². The van der Waals surface area contributed by atoms with Crippen LogP contribution in [0, 0.1) is 5.82 Å². The highest BCUT2D eigenvalue weighted by Crippen LogP contribution is 2.19.